The molecule has 2 aromatic rings. The first-order chi connectivity index (χ1) is 8.65. The second kappa shape index (κ2) is 4.37. The monoisotopic (exact) mass is 260 g/mol. The maximum absolute atomic E-state index is 5.69. The van der Waals surface area contributed by atoms with Gasteiger partial charge in [0, 0.05) is 6.54 Å². The van der Waals surface area contributed by atoms with Crippen molar-refractivity contribution in [1.82, 2.24) is 4.98 Å². The average molecular weight is 260 g/mol. The maximum atomic E-state index is 5.69. The van der Waals surface area contributed by atoms with Crippen LogP contribution in [-0.4, -0.2) is 4.98 Å². The summed E-state index contributed by atoms with van der Waals surface area (Å²) in [4.78, 5) is 5.89. The van der Waals surface area contributed by atoms with Gasteiger partial charge in [-0.15, -0.1) is 0 Å². The molecule has 0 aliphatic carbocycles. The quantitative estimate of drug-likeness (QED) is 0.917. The lowest BCUT2D eigenvalue weighted by Crippen LogP contribution is -2.15. The third-order valence-electron chi connectivity index (χ3n) is 3.12. The van der Waals surface area contributed by atoms with E-state index in [1.54, 1.807) is 11.3 Å². The van der Waals surface area contributed by atoms with E-state index in [4.69, 9.17) is 4.74 Å². The fraction of sp³-hybridized carbons (Fsp3) is 0.357. The van der Waals surface area contributed by atoms with Crippen LogP contribution in [0.2, 0.25) is 0 Å². The molecule has 1 aliphatic heterocycles. The van der Waals surface area contributed by atoms with Crippen LogP contribution in [0.15, 0.2) is 30.3 Å². The highest BCUT2D eigenvalue weighted by Gasteiger charge is 2.34. The minimum Gasteiger partial charge on any atom is -0.364 e. The summed E-state index contributed by atoms with van der Waals surface area (Å²) in [5.74, 6) is 0. The molecule has 1 aromatic heterocycles. The zero-order valence-electron chi connectivity index (χ0n) is 10.6. The molecule has 18 heavy (non-hydrogen) atoms. The van der Waals surface area contributed by atoms with Crippen LogP contribution in [0.3, 0.4) is 0 Å². The molecular formula is C14H16N2OS. The minimum atomic E-state index is -0.238. The number of ether oxygens (including phenoxy) is 1. The van der Waals surface area contributed by atoms with Gasteiger partial charge >= 0.3 is 0 Å². The van der Waals surface area contributed by atoms with E-state index in [9.17, 15) is 0 Å². The summed E-state index contributed by atoms with van der Waals surface area (Å²) in [6.45, 7) is 5.64. The first-order valence-corrected chi connectivity index (χ1v) is 6.89. The lowest BCUT2D eigenvalue weighted by molar-refractivity contribution is -0.00982. The van der Waals surface area contributed by atoms with Crippen molar-refractivity contribution in [3.8, 4) is 0 Å². The van der Waals surface area contributed by atoms with Crippen molar-refractivity contribution < 1.29 is 4.74 Å². The molecule has 0 unspecified atom stereocenters. The summed E-state index contributed by atoms with van der Waals surface area (Å²) >= 11 is 1.70. The van der Waals surface area contributed by atoms with Gasteiger partial charge in [0.15, 0.2) is 5.13 Å². The number of hydrogen-bond donors (Lipinski definition) is 1. The van der Waals surface area contributed by atoms with Crippen molar-refractivity contribution in [2.75, 3.05) is 5.32 Å². The lowest BCUT2D eigenvalue weighted by atomic mass is 10.1. The number of aromatic nitrogens is 1. The Bertz CT molecular complexity index is 548. The highest BCUT2D eigenvalue weighted by Crippen LogP contribution is 2.40. The minimum absolute atomic E-state index is 0.238. The molecule has 4 heteroatoms. The highest BCUT2D eigenvalue weighted by molar-refractivity contribution is 7.15. The lowest BCUT2D eigenvalue weighted by Gasteiger charge is -2.15. The van der Waals surface area contributed by atoms with Crippen LogP contribution < -0.4 is 5.32 Å². The number of anilines is 1. The number of thiazole rings is 1. The van der Waals surface area contributed by atoms with E-state index in [0.717, 1.165) is 17.4 Å². The van der Waals surface area contributed by atoms with Gasteiger partial charge in [-0.25, -0.2) is 4.98 Å². The van der Waals surface area contributed by atoms with Crippen LogP contribution in [0, 0.1) is 0 Å². The Morgan fingerprint density at radius 3 is 2.83 bits per heavy atom. The van der Waals surface area contributed by atoms with Gasteiger partial charge < -0.3 is 10.1 Å². The Kier molecular flexibility index (Phi) is 2.84. The molecule has 0 saturated heterocycles. The summed E-state index contributed by atoms with van der Waals surface area (Å²) < 4.78 is 5.69. The third kappa shape index (κ3) is 2.13. The SMILES string of the molecule is CC1(C)OCc2sc(NCc3ccccc3)nc21. The number of fused-ring (bicyclic) bond motifs is 1. The molecule has 2 heterocycles. The Labute approximate surface area is 111 Å². The summed E-state index contributed by atoms with van der Waals surface area (Å²) in [7, 11) is 0. The fourth-order valence-electron chi connectivity index (χ4n) is 2.08. The molecular weight excluding hydrogens is 244 g/mol. The molecule has 0 fully saturated rings. The van der Waals surface area contributed by atoms with Crippen LogP contribution in [0.1, 0.15) is 30.0 Å². The molecule has 3 rings (SSSR count). The zero-order chi connectivity index (χ0) is 12.6. The van der Waals surface area contributed by atoms with Crippen LogP contribution in [0.25, 0.3) is 0 Å². The van der Waals surface area contributed by atoms with E-state index < -0.39 is 0 Å². The number of benzene rings is 1. The van der Waals surface area contributed by atoms with Gasteiger partial charge in [0.05, 0.1) is 17.2 Å². The van der Waals surface area contributed by atoms with Crippen molar-refractivity contribution in [3.63, 3.8) is 0 Å². The average Bonchev–Trinajstić information content (AvgIpc) is 2.90. The second-order valence-corrected chi connectivity index (χ2v) is 6.01. The van der Waals surface area contributed by atoms with Crippen LogP contribution in [0.4, 0.5) is 5.13 Å². The molecule has 1 aromatic carbocycles. The number of hydrogen-bond acceptors (Lipinski definition) is 4. The molecule has 94 valence electrons. The first-order valence-electron chi connectivity index (χ1n) is 6.07. The summed E-state index contributed by atoms with van der Waals surface area (Å²) in [6, 6.07) is 10.4. The predicted molar refractivity (Wildman–Crippen MR) is 73.7 cm³/mol. The normalized spacial score (nSPS) is 16.6. The van der Waals surface area contributed by atoms with Crippen molar-refractivity contribution in [1.29, 1.82) is 0 Å². The topological polar surface area (TPSA) is 34.1 Å². The van der Waals surface area contributed by atoms with E-state index in [0.29, 0.717) is 6.61 Å². The maximum Gasteiger partial charge on any atom is 0.183 e. The van der Waals surface area contributed by atoms with E-state index in [-0.39, 0.29) is 5.60 Å². The van der Waals surface area contributed by atoms with Crippen molar-refractivity contribution in [2.24, 2.45) is 0 Å². The van der Waals surface area contributed by atoms with Crippen molar-refractivity contribution >= 4 is 16.5 Å². The molecule has 0 amide bonds. The standard InChI is InChI=1S/C14H16N2OS/c1-14(2)12-11(9-17-14)18-13(16-12)15-8-10-6-4-3-5-7-10/h3-7H,8-9H2,1-2H3,(H,15,16). The van der Waals surface area contributed by atoms with Gasteiger partial charge in [-0.05, 0) is 19.4 Å². The summed E-state index contributed by atoms with van der Waals surface area (Å²) in [5, 5.41) is 4.37. The third-order valence-corrected chi connectivity index (χ3v) is 4.10. The van der Waals surface area contributed by atoms with Gasteiger partial charge in [-0.1, -0.05) is 41.7 Å². The molecule has 0 bridgehead atoms. The summed E-state index contributed by atoms with van der Waals surface area (Å²) in [5.41, 5.74) is 2.12. The molecule has 0 radical (unpaired) electrons. The van der Waals surface area contributed by atoms with Gasteiger partial charge in [0.25, 0.3) is 0 Å². The Morgan fingerprint density at radius 2 is 2.11 bits per heavy atom. The van der Waals surface area contributed by atoms with E-state index >= 15 is 0 Å². The predicted octanol–water partition coefficient (Wildman–Crippen LogP) is 3.52. The fourth-order valence-corrected chi connectivity index (χ4v) is 3.10. The highest BCUT2D eigenvalue weighted by atomic mass is 32.1. The van der Waals surface area contributed by atoms with Gasteiger partial charge in [0.1, 0.15) is 5.60 Å². The Balaban J connectivity index is 1.72. The smallest absolute Gasteiger partial charge is 0.183 e. The molecule has 0 spiro atoms. The molecule has 3 nitrogen and oxygen atoms in total. The molecule has 0 atom stereocenters. The molecule has 1 aliphatic rings. The summed E-state index contributed by atoms with van der Waals surface area (Å²) in [6.07, 6.45) is 0. The Morgan fingerprint density at radius 1 is 1.33 bits per heavy atom. The number of nitrogens with zero attached hydrogens (tertiary/aromatic N) is 1. The first kappa shape index (κ1) is 11.7. The largest absolute Gasteiger partial charge is 0.364 e. The number of nitrogens with one attached hydrogen (secondary N) is 1. The van der Waals surface area contributed by atoms with Gasteiger partial charge in [-0.3, -0.25) is 0 Å². The van der Waals surface area contributed by atoms with Gasteiger partial charge in [-0.2, -0.15) is 0 Å². The molecule has 0 saturated carbocycles. The number of rotatable bonds is 3. The van der Waals surface area contributed by atoms with Crippen LogP contribution in [0.5, 0.6) is 0 Å². The zero-order valence-corrected chi connectivity index (χ0v) is 11.4. The Hall–Kier alpha value is -1.39. The van der Waals surface area contributed by atoms with Crippen LogP contribution >= 0.6 is 11.3 Å². The van der Waals surface area contributed by atoms with E-state index in [1.165, 1.54) is 10.4 Å². The van der Waals surface area contributed by atoms with Crippen molar-refractivity contribution in [3.05, 3.63) is 46.5 Å². The van der Waals surface area contributed by atoms with Crippen molar-refractivity contribution in [2.45, 2.75) is 32.6 Å². The van der Waals surface area contributed by atoms with E-state index in [2.05, 4.69) is 48.4 Å². The van der Waals surface area contributed by atoms with E-state index in [1.807, 2.05) is 6.07 Å². The van der Waals surface area contributed by atoms with Gasteiger partial charge in [0.2, 0.25) is 0 Å². The molecule has 1 N–H and O–H groups in total. The van der Waals surface area contributed by atoms with Crippen LogP contribution in [-0.2, 0) is 23.5 Å². The second-order valence-electron chi connectivity index (χ2n) is 4.93.